The van der Waals surface area contributed by atoms with Crippen molar-refractivity contribution in [2.45, 2.75) is 63.8 Å². The number of unbranched alkanes of at least 4 members (excludes halogenated alkanes) is 1. The molecule has 2 heterocycles. The van der Waals surface area contributed by atoms with E-state index in [9.17, 15) is 9.59 Å². The number of hydrogen-bond acceptors (Lipinski definition) is 4. The van der Waals surface area contributed by atoms with Crippen LogP contribution in [0.5, 0.6) is 0 Å². The average molecular weight is 511 g/mol. The molecular weight excluding hydrogens is 476 g/mol. The van der Waals surface area contributed by atoms with Crippen molar-refractivity contribution in [2.24, 2.45) is 0 Å². The summed E-state index contributed by atoms with van der Waals surface area (Å²) in [7, 11) is 0. The first-order chi connectivity index (χ1) is 18.7. The Morgan fingerprint density at radius 3 is 2.61 bits per heavy atom. The number of H-pyrrole nitrogens is 1. The molecule has 0 unspecified atom stereocenters. The van der Waals surface area contributed by atoms with E-state index in [2.05, 4.69) is 20.8 Å². The largest absolute Gasteiger partial charge is 0.353 e. The number of amides is 2. The van der Waals surface area contributed by atoms with Crippen LogP contribution < -0.4 is 10.6 Å². The molecular formula is C30H34N6O2. The van der Waals surface area contributed by atoms with Gasteiger partial charge in [0, 0.05) is 41.7 Å². The highest BCUT2D eigenvalue weighted by Crippen LogP contribution is 2.22. The van der Waals surface area contributed by atoms with Gasteiger partial charge in [0.25, 0.3) is 5.91 Å². The molecule has 0 radical (unpaired) electrons. The highest BCUT2D eigenvalue weighted by atomic mass is 16.2. The molecule has 2 amide bonds. The number of carbonyl (C=O) groups is 2. The van der Waals surface area contributed by atoms with Crippen molar-refractivity contribution in [1.82, 2.24) is 25.1 Å². The SMILES string of the molecule is O=C(CCCCc1cn(-c2ccccc2)c(NC(=O)c2cccc(-c3cn[nH]c3)c2)n1)NC1CCCCC1. The Morgan fingerprint density at radius 2 is 1.82 bits per heavy atom. The minimum atomic E-state index is -0.232. The first-order valence-electron chi connectivity index (χ1n) is 13.5. The van der Waals surface area contributed by atoms with Crippen LogP contribution in [0.2, 0.25) is 0 Å². The lowest BCUT2D eigenvalue weighted by molar-refractivity contribution is -0.122. The van der Waals surface area contributed by atoms with Crippen LogP contribution in [0.25, 0.3) is 16.8 Å². The molecule has 2 aromatic carbocycles. The van der Waals surface area contributed by atoms with Crippen molar-refractivity contribution in [1.29, 1.82) is 0 Å². The highest BCUT2D eigenvalue weighted by molar-refractivity contribution is 6.04. The summed E-state index contributed by atoms with van der Waals surface area (Å²) >= 11 is 0. The van der Waals surface area contributed by atoms with Crippen molar-refractivity contribution in [2.75, 3.05) is 5.32 Å². The van der Waals surface area contributed by atoms with Crippen LogP contribution in [0.4, 0.5) is 5.95 Å². The molecule has 1 aliphatic carbocycles. The summed E-state index contributed by atoms with van der Waals surface area (Å²) < 4.78 is 1.91. The van der Waals surface area contributed by atoms with E-state index >= 15 is 0 Å². The van der Waals surface area contributed by atoms with Crippen molar-refractivity contribution in [3.63, 3.8) is 0 Å². The molecule has 3 N–H and O–H groups in total. The number of aromatic nitrogens is 4. The number of nitrogens with one attached hydrogen (secondary N) is 3. The smallest absolute Gasteiger partial charge is 0.258 e. The van der Waals surface area contributed by atoms with Crippen molar-refractivity contribution < 1.29 is 9.59 Å². The van der Waals surface area contributed by atoms with Crippen LogP contribution in [-0.2, 0) is 11.2 Å². The number of aromatic amines is 1. The van der Waals surface area contributed by atoms with Crippen LogP contribution in [0, 0.1) is 0 Å². The standard InChI is InChI=1S/C30H34N6O2/c37-28(33-25-12-3-1-4-13-25)17-8-7-14-26-21-36(27-15-5-2-6-16-27)30(34-26)35-29(38)23-11-9-10-22(18-23)24-19-31-32-20-24/h2,5-6,9-11,15-16,18-21,25H,1,3-4,7-8,12-14,17H2,(H,31,32)(H,33,37)(H,34,35,38). The third-order valence-electron chi connectivity index (χ3n) is 7.03. The molecule has 8 heteroatoms. The summed E-state index contributed by atoms with van der Waals surface area (Å²) in [5, 5.41) is 13.0. The quantitative estimate of drug-likeness (QED) is 0.239. The Morgan fingerprint density at radius 1 is 0.974 bits per heavy atom. The first-order valence-corrected chi connectivity index (χ1v) is 13.5. The zero-order valence-corrected chi connectivity index (χ0v) is 21.5. The molecule has 5 rings (SSSR count). The van der Waals surface area contributed by atoms with Gasteiger partial charge in [-0.3, -0.25) is 24.6 Å². The number of anilines is 1. The van der Waals surface area contributed by atoms with Gasteiger partial charge < -0.3 is 5.32 Å². The zero-order chi connectivity index (χ0) is 26.2. The average Bonchev–Trinajstić information content (AvgIpc) is 3.63. The number of carbonyl (C=O) groups excluding carboxylic acids is 2. The lowest BCUT2D eigenvalue weighted by Gasteiger charge is -2.22. The maximum absolute atomic E-state index is 13.2. The van der Waals surface area contributed by atoms with E-state index < -0.39 is 0 Å². The van der Waals surface area contributed by atoms with Crippen LogP contribution in [0.15, 0.2) is 73.2 Å². The molecule has 4 aromatic rings. The number of imidazole rings is 1. The molecule has 1 fully saturated rings. The molecule has 8 nitrogen and oxygen atoms in total. The fourth-order valence-electron chi connectivity index (χ4n) is 4.98. The molecule has 38 heavy (non-hydrogen) atoms. The normalized spacial score (nSPS) is 13.8. The summed E-state index contributed by atoms with van der Waals surface area (Å²) in [6, 6.07) is 17.6. The van der Waals surface area contributed by atoms with Crippen LogP contribution in [0.3, 0.4) is 0 Å². The minimum absolute atomic E-state index is 0.150. The molecule has 0 atom stereocenters. The number of benzene rings is 2. The van der Waals surface area contributed by atoms with E-state index in [4.69, 9.17) is 4.98 Å². The topological polar surface area (TPSA) is 105 Å². The molecule has 196 valence electrons. The first kappa shape index (κ1) is 25.4. The Balaban J connectivity index is 1.23. The van der Waals surface area contributed by atoms with Crippen LogP contribution in [0.1, 0.15) is 67.4 Å². The van der Waals surface area contributed by atoms with Crippen molar-refractivity contribution in [3.8, 4) is 16.8 Å². The maximum Gasteiger partial charge on any atom is 0.258 e. The summed E-state index contributed by atoms with van der Waals surface area (Å²) in [6.45, 7) is 0. The molecule has 0 saturated heterocycles. The van der Waals surface area contributed by atoms with E-state index in [1.807, 2.05) is 59.3 Å². The second kappa shape index (κ2) is 12.4. The van der Waals surface area contributed by atoms with Crippen molar-refractivity contribution in [3.05, 3.63) is 84.4 Å². The number of hydrogen-bond donors (Lipinski definition) is 3. The Labute approximate surface area is 222 Å². The lowest BCUT2D eigenvalue weighted by Crippen LogP contribution is -2.35. The summed E-state index contributed by atoms with van der Waals surface area (Å²) in [6.07, 6.45) is 14.3. The van der Waals surface area contributed by atoms with Crippen LogP contribution >= 0.6 is 0 Å². The molecule has 1 aliphatic rings. The minimum Gasteiger partial charge on any atom is -0.353 e. The predicted molar refractivity (Wildman–Crippen MR) is 148 cm³/mol. The number of aryl methyl sites for hydroxylation is 1. The molecule has 0 bridgehead atoms. The Kier molecular flexibility index (Phi) is 8.28. The second-order valence-electron chi connectivity index (χ2n) is 9.89. The van der Waals surface area contributed by atoms with Gasteiger partial charge in [0.1, 0.15) is 0 Å². The number of nitrogens with zero attached hydrogens (tertiary/aromatic N) is 3. The lowest BCUT2D eigenvalue weighted by atomic mass is 9.95. The van der Waals surface area contributed by atoms with E-state index in [0.717, 1.165) is 54.6 Å². The summed E-state index contributed by atoms with van der Waals surface area (Å²) in [5.74, 6) is 0.390. The Hall–Kier alpha value is -4.20. The number of para-hydroxylation sites is 1. The van der Waals surface area contributed by atoms with E-state index in [1.54, 1.807) is 18.5 Å². The second-order valence-corrected chi connectivity index (χ2v) is 9.89. The van der Waals surface area contributed by atoms with Gasteiger partial charge in [-0.05, 0) is 61.9 Å². The third kappa shape index (κ3) is 6.56. The van der Waals surface area contributed by atoms with Crippen LogP contribution in [-0.4, -0.2) is 37.6 Å². The highest BCUT2D eigenvalue weighted by Gasteiger charge is 2.17. The third-order valence-corrected chi connectivity index (χ3v) is 7.03. The monoisotopic (exact) mass is 510 g/mol. The van der Waals surface area contributed by atoms with Gasteiger partial charge in [0.05, 0.1) is 11.9 Å². The summed E-state index contributed by atoms with van der Waals surface area (Å²) in [4.78, 5) is 30.3. The molecule has 1 saturated carbocycles. The molecule has 2 aromatic heterocycles. The van der Waals surface area contributed by atoms with Gasteiger partial charge in [-0.25, -0.2) is 4.98 Å². The van der Waals surface area contributed by atoms with Gasteiger partial charge >= 0.3 is 0 Å². The Bertz CT molecular complexity index is 1340. The molecule has 0 spiro atoms. The van der Waals surface area contributed by atoms with Gasteiger partial charge in [-0.15, -0.1) is 0 Å². The summed E-state index contributed by atoms with van der Waals surface area (Å²) in [5.41, 5.74) is 4.16. The predicted octanol–water partition coefficient (Wildman–Crippen LogP) is 5.68. The van der Waals surface area contributed by atoms with Gasteiger partial charge in [-0.1, -0.05) is 49.6 Å². The van der Waals surface area contributed by atoms with E-state index in [1.165, 1.54) is 19.3 Å². The van der Waals surface area contributed by atoms with E-state index in [0.29, 0.717) is 24.0 Å². The van der Waals surface area contributed by atoms with Gasteiger partial charge in [0.2, 0.25) is 11.9 Å². The van der Waals surface area contributed by atoms with Gasteiger partial charge in [0.15, 0.2) is 0 Å². The van der Waals surface area contributed by atoms with Gasteiger partial charge in [-0.2, -0.15) is 5.10 Å². The maximum atomic E-state index is 13.2. The van der Waals surface area contributed by atoms with Crippen molar-refractivity contribution >= 4 is 17.8 Å². The fourth-order valence-corrected chi connectivity index (χ4v) is 4.98. The fraction of sp³-hybridized carbons (Fsp3) is 0.333. The number of rotatable bonds is 10. The molecule has 0 aliphatic heterocycles. The van der Waals surface area contributed by atoms with E-state index in [-0.39, 0.29) is 11.8 Å². The zero-order valence-electron chi connectivity index (χ0n) is 21.5.